The molecule has 2 bridgehead atoms. The number of sulfonamides is 2. The molecule has 1 aromatic carbocycles. The number of fused-ring (bicyclic) bond motifs is 6. The zero-order valence-electron chi connectivity index (χ0n) is 20.8. The molecule has 2 saturated carbocycles. The van der Waals surface area contributed by atoms with Gasteiger partial charge in [-0.1, -0.05) is 13.8 Å². The maximum absolute atomic E-state index is 13.8. The molecule has 0 spiro atoms. The van der Waals surface area contributed by atoms with Crippen LogP contribution in [0.25, 0.3) is 0 Å². The Hall–Kier alpha value is -2.60. The van der Waals surface area contributed by atoms with Crippen LogP contribution in [-0.2, 0) is 24.8 Å². The molecular formula is C24H32N4O6S2. The molecule has 0 unspecified atom stereocenters. The number of nitrogens with zero attached hydrogens (tertiary/aromatic N) is 3. The second-order valence-electron chi connectivity index (χ2n) is 10.7. The third-order valence-electron chi connectivity index (χ3n) is 8.03. The highest BCUT2D eigenvalue weighted by atomic mass is 32.2. The average molecular weight is 537 g/mol. The highest BCUT2D eigenvalue weighted by Gasteiger charge is 2.57. The molecular weight excluding hydrogens is 504 g/mol. The van der Waals surface area contributed by atoms with E-state index in [2.05, 4.69) is 23.6 Å². The van der Waals surface area contributed by atoms with Crippen LogP contribution in [0.4, 0.5) is 11.4 Å². The molecule has 5 rings (SSSR count). The minimum Gasteiger partial charge on any atom is -0.511 e. The molecule has 10 nitrogen and oxygen atoms in total. The topological polar surface area (TPSA) is 136 Å². The fourth-order valence-corrected chi connectivity index (χ4v) is 7.80. The molecule has 196 valence electrons. The van der Waals surface area contributed by atoms with Gasteiger partial charge < -0.3 is 15.3 Å². The lowest BCUT2D eigenvalue weighted by Gasteiger charge is -2.44. The number of aliphatic hydroxyl groups is 1. The largest absolute Gasteiger partial charge is 0.511 e. The van der Waals surface area contributed by atoms with Crippen LogP contribution in [0.2, 0.25) is 0 Å². The summed E-state index contributed by atoms with van der Waals surface area (Å²) in [6.45, 7) is 4.72. The van der Waals surface area contributed by atoms with E-state index in [4.69, 9.17) is 0 Å². The first-order valence-corrected chi connectivity index (χ1v) is 15.5. The van der Waals surface area contributed by atoms with E-state index < -0.39 is 26.0 Å². The maximum Gasteiger partial charge on any atom is 0.286 e. The monoisotopic (exact) mass is 536 g/mol. The lowest BCUT2D eigenvalue weighted by molar-refractivity contribution is -0.133. The van der Waals surface area contributed by atoms with E-state index in [9.17, 15) is 26.7 Å². The van der Waals surface area contributed by atoms with Crippen molar-refractivity contribution in [3.8, 4) is 0 Å². The summed E-state index contributed by atoms with van der Waals surface area (Å²) in [5, 5.41) is 14.3. The van der Waals surface area contributed by atoms with Crippen molar-refractivity contribution < 1.29 is 26.7 Å². The second kappa shape index (κ2) is 8.47. The van der Waals surface area contributed by atoms with E-state index in [1.165, 1.54) is 25.2 Å². The first kappa shape index (κ1) is 25.1. The standard InChI is InChI=1S/C24H32N4O6S2/c1-13(2)9-10-28-21-15-6-5-14(11-15)19(21)22(29)20(24(28)30)23-25-17-8-7-16(27(3)35(4,31)32)12-18(17)36(33,34)26-23/h7-8,12-15,19,21,29H,5-6,9-11H2,1-4H3,(H,25,26)/t14-,15-,19+,21-/m0/s1. The van der Waals surface area contributed by atoms with Crippen LogP contribution in [-0.4, -0.2) is 64.5 Å². The third kappa shape index (κ3) is 3.98. The molecule has 4 aliphatic rings. The van der Waals surface area contributed by atoms with Crippen LogP contribution in [0, 0.1) is 23.7 Å². The van der Waals surface area contributed by atoms with Crippen molar-refractivity contribution in [3.63, 3.8) is 0 Å². The van der Waals surface area contributed by atoms with Gasteiger partial charge in [-0.25, -0.2) is 8.42 Å². The van der Waals surface area contributed by atoms with Crippen molar-refractivity contribution in [2.75, 3.05) is 29.5 Å². The van der Waals surface area contributed by atoms with Crippen LogP contribution in [0.5, 0.6) is 0 Å². The molecule has 1 amide bonds. The molecule has 4 atom stereocenters. The molecule has 1 aromatic rings. The van der Waals surface area contributed by atoms with Gasteiger partial charge in [0.15, 0.2) is 5.84 Å². The molecule has 2 heterocycles. The quantitative estimate of drug-likeness (QED) is 0.570. The van der Waals surface area contributed by atoms with Gasteiger partial charge in [0, 0.05) is 25.6 Å². The summed E-state index contributed by atoms with van der Waals surface area (Å²) in [5.41, 5.74) is 0.252. The summed E-state index contributed by atoms with van der Waals surface area (Å²) in [7, 11) is -6.55. The molecule has 0 radical (unpaired) electrons. The summed E-state index contributed by atoms with van der Waals surface area (Å²) in [6.07, 6.45) is 4.79. The summed E-state index contributed by atoms with van der Waals surface area (Å²) < 4.78 is 55.1. The van der Waals surface area contributed by atoms with Crippen molar-refractivity contribution >= 4 is 43.2 Å². The minimum atomic E-state index is -4.28. The van der Waals surface area contributed by atoms with Crippen LogP contribution in [0.15, 0.2) is 38.8 Å². The van der Waals surface area contributed by atoms with Gasteiger partial charge in [0.25, 0.3) is 15.9 Å². The van der Waals surface area contributed by atoms with Gasteiger partial charge in [-0.05, 0) is 61.6 Å². The number of hydrogen-bond acceptors (Lipinski definition) is 7. The average Bonchev–Trinajstić information content (AvgIpc) is 3.39. The van der Waals surface area contributed by atoms with Gasteiger partial charge >= 0.3 is 0 Å². The fourth-order valence-electron chi connectivity index (χ4n) is 6.16. The summed E-state index contributed by atoms with van der Waals surface area (Å²) >= 11 is 0. The smallest absolute Gasteiger partial charge is 0.286 e. The molecule has 2 fully saturated rings. The number of benzene rings is 1. The van der Waals surface area contributed by atoms with Crippen molar-refractivity contribution in [2.45, 2.75) is 50.5 Å². The minimum absolute atomic E-state index is 0.0686. The van der Waals surface area contributed by atoms with Crippen molar-refractivity contribution in [1.29, 1.82) is 0 Å². The molecule has 0 saturated heterocycles. The number of nitrogens with one attached hydrogen (secondary N) is 1. The van der Waals surface area contributed by atoms with Gasteiger partial charge in [-0.2, -0.15) is 8.42 Å². The van der Waals surface area contributed by atoms with E-state index in [1.807, 2.05) is 4.90 Å². The van der Waals surface area contributed by atoms with Crippen LogP contribution >= 0.6 is 0 Å². The SMILES string of the molecule is CC(C)CCN1C(=O)C(C2=NS(=O)(=O)c3cc(N(C)S(C)(=O)=O)ccc3N2)=C(O)[C@@H]2[C@H]3CC[C@@H](C3)[C@@H]21. The first-order valence-electron chi connectivity index (χ1n) is 12.2. The Morgan fingerprint density at radius 1 is 1.25 bits per heavy atom. The molecule has 36 heavy (non-hydrogen) atoms. The van der Waals surface area contributed by atoms with Crippen LogP contribution in [0.1, 0.15) is 39.5 Å². The lowest BCUT2D eigenvalue weighted by atomic mass is 9.77. The predicted octanol–water partition coefficient (Wildman–Crippen LogP) is 2.71. The summed E-state index contributed by atoms with van der Waals surface area (Å²) in [4.78, 5) is 15.4. The normalized spacial score (nSPS) is 28.6. The first-order chi connectivity index (χ1) is 16.8. The Morgan fingerprint density at radius 2 is 1.94 bits per heavy atom. The number of carbonyl (C=O) groups excluding carboxylic acids is 1. The number of amides is 1. The molecule has 2 aliphatic heterocycles. The molecule has 12 heteroatoms. The van der Waals surface area contributed by atoms with E-state index >= 15 is 0 Å². The fraction of sp³-hybridized carbons (Fsp3) is 0.583. The van der Waals surface area contributed by atoms with E-state index in [0.717, 1.165) is 36.2 Å². The number of carbonyl (C=O) groups is 1. The van der Waals surface area contributed by atoms with E-state index in [1.54, 1.807) is 0 Å². The Balaban J connectivity index is 1.56. The molecule has 2 aliphatic carbocycles. The Labute approximate surface area is 212 Å². The highest BCUT2D eigenvalue weighted by Crippen LogP contribution is 2.55. The number of rotatable bonds is 6. The van der Waals surface area contributed by atoms with Crippen LogP contribution < -0.4 is 9.62 Å². The zero-order chi connectivity index (χ0) is 26.2. The van der Waals surface area contributed by atoms with Gasteiger partial charge in [-0.15, -0.1) is 4.40 Å². The summed E-state index contributed by atoms with van der Waals surface area (Å²) in [6, 6.07) is 4.08. The number of amidine groups is 1. The maximum atomic E-state index is 13.8. The van der Waals surface area contributed by atoms with E-state index in [-0.39, 0.29) is 51.3 Å². The van der Waals surface area contributed by atoms with Gasteiger partial charge in [-0.3, -0.25) is 9.10 Å². The Morgan fingerprint density at radius 3 is 2.61 bits per heavy atom. The predicted molar refractivity (Wildman–Crippen MR) is 137 cm³/mol. The second-order valence-corrected chi connectivity index (χ2v) is 14.3. The Kier molecular flexibility index (Phi) is 5.90. The highest BCUT2D eigenvalue weighted by molar-refractivity contribution is 7.92. The lowest BCUT2D eigenvalue weighted by Crippen LogP contribution is -2.54. The van der Waals surface area contributed by atoms with Crippen molar-refractivity contribution in [1.82, 2.24) is 4.90 Å². The van der Waals surface area contributed by atoms with Gasteiger partial charge in [0.1, 0.15) is 16.2 Å². The number of aliphatic hydroxyl groups excluding tert-OH is 1. The molecule has 0 aromatic heterocycles. The van der Waals surface area contributed by atoms with Crippen molar-refractivity contribution in [3.05, 3.63) is 29.5 Å². The Bertz CT molecular complexity index is 1400. The zero-order valence-corrected chi connectivity index (χ0v) is 22.4. The number of anilines is 2. The van der Waals surface area contributed by atoms with Crippen molar-refractivity contribution in [2.24, 2.45) is 28.1 Å². The number of hydrogen-bond donors (Lipinski definition) is 2. The van der Waals surface area contributed by atoms with E-state index in [0.29, 0.717) is 18.4 Å². The van der Waals surface area contributed by atoms with Gasteiger partial charge in [0.05, 0.1) is 17.6 Å². The third-order valence-corrected chi connectivity index (χ3v) is 10.6. The summed E-state index contributed by atoms with van der Waals surface area (Å²) in [5.74, 6) is 0.0988. The van der Waals surface area contributed by atoms with Gasteiger partial charge in [0.2, 0.25) is 10.0 Å². The molecule has 2 N–H and O–H groups in total. The van der Waals surface area contributed by atoms with Crippen LogP contribution in [0.3, 0.4) is 0 Å².